The number of benzene rings is 2. The van der Waals surface area contributed by atoms with Crippen molar-refractivity contribution in [2.75, 3.05) is 24.2 Å². The normalized spacial score (nSPS) is 14.8. The average molecular weight is 547 g/mol. The van der Waals surface area contributed by atoms with Crippen LogP contribution in [0.15, 0.2) is 48.5 Å². The molecule has 0 bridgehead atoms. The van der Waals surface area contributed by atoms with Crippen LogP contribution < -0.4 is 14.4 Å². The first-order valence-corrected chi connectivity index (χ1v) is 14.3. The largest absolute Gasteiger partial charge is 0.497 e. The van der Waals surface area contributed by atoms with Crippen molar-refractivity contribution >= 4 is 33.2 Å². The predicted molar refractivity (Wildman–Crippen MR) is 143 cm³/mol. The number of amides is 2. The molecule has 1 aliphatic carbocycles. The zero-order valence-electron chi connectivity index (χ0n) is 21.8. The molecule has 0 aliphatic heterocycles. The lowest BCUT2D eigenvalue weighted by atomic mass is 9.95. The second-order valence-electron chi connectivity index (χ2n) is 9.44. The molecule has 2 aromatic carbocycles. The molecule has 0 radical (unpaired) electrons. The summed E-state index contributed by atoms with van der Waals surface area (Å²) in [7, 11) is -2.46. The van der Waals surface area contributed by atoms with Crippen molar-refractivity contribution in [3.63, 3.8) is 0 Å². The number of nitro groups is 1. The molecule has 0 heterocycles. The second kappa shape index (κ2) is 12.7. The van der Waals surface area contributed by atoms with Gasteiger partial charge >= 0.3 is 0 Å². The Kier molecular flexibility index (Phi) is 9.67. The summed E-state index contributed by atoms with van der Waals surface area (Å²) < 4.78 is 31.3. The summed E-state index contributed by atoms with van der Waals surface area (Å²) in [5, 5.41) is 14.3. The molecular weight excluding hydrogens is 512 g/mol. The number of carbonyl (C=O) groups excluding carboxylic acids is 2. The van der Waals surface area contributed by atoms with E-state index in [2.05, 4.69) is 5.32 Å². The molecular formula is C26H34N4O7S. The van der Waals surface area contributed by atoms with Crippen LogP contribution in [0.1, 0.15) is 44.6 Å². The maximum absolute atomic E-state index is 13.6. The number of anilines is 1. The summed E-state index contributed by atoms with van der Waals surface area (Å²) in [5.74, 6) is -0.312. The van der Waals surface area contributed by atoms with Gasteiger partial charge in [-0.1, -0.05) is 37.5 Å². The maximum atomic E-state index is 13.6. The Morgan fingerprint density at radius 2 is 1.79 bits per heavy atom. The highest BCUT2D eigenvalue weighted by Crippen LogP contribution is 2.24. The Hall–Kier alpha value is -3.67. The number of rotatable bonds is 11. The topological polar surface area (TPSA) is 139 Å². The number of hydrogen-bond acceptors (Lipinski definition) is 7. The van der Waals surface area contributed by atoms with Gasteiger partial charge in [-0.2, -0.15) is 0 Å². The molecule has 1 saturated carbocycles. The molecule has 38 heavy (non-hydrogen) atoms. The number of nitrogens with zero attached hydrogens (tertiary/aromatic N) is 3. The Balaban J connectivity index is 1.89. The van der Waals surface area contributed by atoms with E-state index in [1.54, 1.807) is 31.2 Å². The Bertz CT molecular complexity index is 1240. The van der Waals surface area contributed by atoms with E-state index in [1.807, 2.05) is 0 Å². The minimum absolute atomic E-state index is 0.0150. The van der Waals surface area contributed by atoms with Crippen LogP contribution in [0, 0.1) is 10.1 Å². The van der Waals surface area contributed by atoms with Crippen molar-refractivity contribution in [3.05, 3.63) is 64.2 Å². The van der Waals surface area contributed by atoms with Gasteiger partial charge in [0.05, 0.1) is 24.0 Å². The fraction of sp³-hybridized carbons (Fsp3) is 0.462. The fourth-order valence-corrected chi connectivity index (χ4v) is 5.30. The number of ether oxygens (including phenoxy) is 1. The zero-order valence-corrected chi connectivity index (χ0v) is 22.6. The lowest BCUT2D eigenvalue weighted by Gasteiger charge is -2.33. The number of nitrogens with one attached hydrogen (secondary N) is 1. The van der Waals surface area contributed by atoms with E-state index < -0.39 is 33.4 Å². The molecule has 1 unspecified atom stereocenters. The smallest absolute Gasteiger partial charge is 0.271 e. The van der Waals surface area contributed by atoms with Crippen molar-refractivity contribution in [1.29, 1.82) is 0 Å². The van der Waals surface area contributed by atoms with Gasteiger partial charge < -0.3 is 15.0 Å². The first-order chi connectivity index (χ1) is 18.0. The van der Waals surface area contributed by atoms with Crippen LogP contribution >= 0.6 is 0 Å². The molecule has 0 spiro atoms. The third-order valence-electron chi connectivity index (χ3n) is 6.64. The molecule has 0 aromatic heterocycles. The van der Waals surface area contributed by atoms with Crippen LogP contribution in [0.2, 0.25) is 0 Å². The molecule has 1 fully saturated rings. The maximum Gasteiger partial charge on any atom is 0.271 e. The summed E-state index contributed by atoms with van der Waals surface area (Å²) in [4.78, 5) is 38.8. The van der Waals surface area contributed by atoms with Gasteiger partial charge in [0, 0.05) is 24.7 Å². The third kappa shape index (κ3) is 7.67. The van der Waals surface area contributed by atoms with Gasteiger partial charge in [-0.25, -0.2) is 8.42 Å². The van der Waals surface area contributed by atoms with E-state index in [9.17, 15) is 28.1 Å². The van der Waals surface area contributed by atoms with E-state index in [0.29, 0.717) is 5.75 Å². The molecule has 1 N–H and O–H groups in total. The Morgan fingerprint density at radius 3 is 2.37 bits per heavy atom. The third-order valence-corrected chi connectivity index (χ3v) is 7.78. The lowest BCUT2D eigenvalue weighted by Crippen LogP contribution is -2.52. The summed E-state index contributed by atoms with van der Waals surface area (Å²) >= 11 is 0. The van der Waals surface area contributed by atoms with Crippen LogP contribution in [-0.4, -0.2) is 62.0 Å². The number of nitro benzene ring substituents is 1. The molecule has 11 nitrogen and oxygen atoms in total. The van der Waals surface area contributed by atoms with Crippen LogP contribution in [0.5, 0.6) is 5.75 Å². The number of carbonyl (C=O) groups is 2. The van der Waals surface area contributed by atoms with Crippen molar-refractivity contribution in [3.8, 4) is 5.75 Å². The highest BCUT2D eigenvalue weighted by Gasteiger charge is 2.31. The average Bonchev–Trinajstić information content (AvgIpc) is 2.90. The van der Waals surface area contributed by atoms with Gasteiger partial charge in [0.25, 0.3) is 5.69 Å². The van der Waals surface area contributed by atoms with Gasteiger partial charge in [-0.3, -0.25) is 24.0 Å². The highest BCUT2D eigenvalue weighted by molar-refractivity contribution is 7.92. The predicted octanol–water partition coefficient (Wildman–Crippen LogP) is 3.24. The number of non-ortho nitro benzene ring substituents is 1. The monoisotopic (exact) mass is 546 g/mol. The zero-order chi connectivity index (χ0) is 27.9. The SMILES string of the molecule is COc1ccc(CN(C(=O)CN(c2cccc([N+](=O)[O-])c2)S(C)(=O)=O)C(C)C(=O)NC2CCCCC2)cc1. The van der Waals surface area contributed by atoms with Crippen molar-refractivity contribution in [1.82, 2.24) is 10.2 Å². The number of hydrogen-bond donors (Lipinski definition) is 1. The summed E-state index contributed by atoms with van der Waals surface area (Å²) in [6.07, 6.45) is 5.86. The Labute approximate surface area is 223 Å². The van der Waals surface area contributed by atoms with Crippen LogP contribution in [-0.2, 0) is 26.2 Å². The molecule has 2 aromatic rings. The van der Waals surface area contributed by atoms with E-state index in [-0.39, 0.29) is 29.9 Å². The highest BCUT2D eigenvalue weighted by atomic mass is 32.2. The van der Waals surface area contributed by atoms with Gasteiger partial charge in [0.15, 0.2) is 0 Å². The quantitative estimate of drug-likeness (QED) is 0.337. The number of methoxy groups -OCH3 is 1. The molecule has 206 valence electrons. The van der Waals surface area contributed by atoms with Crippen LogP contribution in [0.25, 0.3) is 0 Å². The standard InChI is InChI=1S/C26H34N4O7S/c1-19(26(32)27-21-8-5-4-6-9-21)28(17-20-12-14-24(37-2)15-13-20)25(31)18-29(38(3,35)36)22-10-7-11-23(16-22)30(33)34/h7,10-16,19,21H,4-6,8-9,17-18H2,1-3H3,(H,27,32). The molecule has 12 heteroatoms. The van der Waals surface area contributed by atoms with Crippen molar-refractivity contribution < 1.29 is 27.7 Å². The first-order valence-electron chi connectivity index (χ1n) is 12.4. The first kappa shape index (κ1) is 28.9. The van der Waals surface area contributed by atoms with Crippen LogP contribution in [0.4, 0.5) is 11.4 Å². The van der Waals surface area contributed by atoms with E-state index >= 15 is 0 Å². The van der Waals surface area contributed by atoms with Gasteiger partial charge in [-0.05, 0) is 43.5 Å². The summed E-state index contributed by atoms with van der Waals surface area (Å²) in [6.45, 7) is 1.03. The second-order valence-corrected chi connectivity index (χ2v) is 11.3. The fourth-order valence-electron chi connectivity index (χ4n) is 4.45. The number of sulfonamides is 1. The van der Waals surface area contributed by atoms with E-state index in [1.165, 1.54) is 30.2 Å². The van der Waals surface area contributed by atoms with Gasteiger partial charge in [0.1, 0.15) is 18.3 Å². The van der Waals surface area contributed by atoms with Crippen LogP contribution in [0.3, 0.4) is 0 Å². The van der Waals surface area contributed by atoms with Gasteiger partial charge in [-0.15, -0.1) is 0 Å². The van der Waals surface area contributed by atoms with Crippen molar-refractivity contribution in [2.45, 2.75) is 57.7 Å². The summed E-state index contributed by atoms with van der Waals surface area (Å²) in [6, 6.07) is 11.2. The Morgan fingerprint density at radius 1 is 1.13 bits per heavy atom. The molecule has 1 atom stereocenters. The minimum atomic E-state index is -3.99. The van der Waals surface area contributed by atoms with E-state index in [4.69, 9.17) is 4.74 Å². The lowest BCUT2D eigenvalue weighted by molar-refractivity contribution is -0.384. The molecule has 3 rings (SSSR count). The molecule has 2 amide bonds. The van der Waals surface area contributed by atoms with E-state index in [0.717, 1.165) is 54.3 Å². The van der Waals surface area contributed by atoms with Crippen molar-refractivity contribution in [2.24, 2.45) is 0 Å². The van der Waals surface area contributed by atoms with Gasteiger partial charge in [0.2, 0.25) is 21.8 Å². The minimum Gasteiger partial charge on any atom is -0.497 e. The summed E-state index contributed by atoms with van der Waals surface area (Å²) in [5.41, 5.74) is 0.399. The molecule has 0 saturated heterocycles. The molecule has 1 aliphatic rings.